The van der Waals surface area contributed by atoms with E-state index in [1.54, 1.807) is 18.2 Å². The number of hydrogen-bond acceptors (Lipinski definition) is 5. The van der Waals surface area contributed by atoms with Crippen molar-refractivity contribution in [2.75, 3.05) is 0 Å². The van der Waals surface area contributed by atoms with Crippen LogP contribution in [-0.2, 0) is 16.1 Å². The smallest absolute Gasteiger partial charge is 0.375 e. The fourth-order valence-corrected chi connectivity index (χ4v) is 2.58. The highest BCUT2D eigenvalue weighted by Gasteiger charge is 2.21. The molecule has 6 nitrogen and oxygen atoms in total. The molecule has 28 heavy (non-hydrogen) atoms. The maximum atomic E-state index is 12.9. The summed E-state index contributed by atoms with van der Waals surface area (Å²) in [7, 11) is 0. The van der Waals surface area contributed by atoms with E-state index in [9.17, 15) is 18.8 Å². The molecule has 0 aliphatic rings. The van der Waals surface area contributed by atoms with E-state index in [1.807, 2.05) is 6.92 Å². The SMILES string of the molecule is Cc1ccc2oc(C(=O)O[C@H](C)C(=O)NCc3ccc(F)cc3)cc(=O)c2c1. The van der Waals surface area contributed by atoms with Gasteiger partial charge in [0, 0.05) is 12.6 Å². The topological polar surface area (TPSA) is 85.6 Å². The number of carbonyl (C=O) groups is 2. The zero-order chi connectivity index (χ0) is 20.3. The Morgan fingerprint density at radius 1 is 1.14 bits per heavy atom. The van der Waals surface area contributed by atoms with E-state index in [-0.39, 0.29) is 29.1 Å². The van der Waals surface area contributed by atoms with Crippen LogP contribution in [0.25, 0.3) is 11.0 Å². The van der Waals surface area contributed by atoms with Gasteiger partial charge in [-0.2, -0.15) is 0 Å². The molecule has 0 radical (unpaired) electrons. The van der Waals surface area contributed by atoms with Crippen molar-refractivity contribution in [1.29, 1.82) is 0 Å². The number of ether oxygens (including phenoxy) is 1. The molecule has 3 aromatic rings. The maximum Gasteiger partial charge on any atom is 0.375 e. The second-order valence-corrected chi connectivity index (χ2v) is 6.37. The van der Waals surface area contributed by atoms with E-state index < -0.39 is 18.0 Å². The van der Waals surface area contributed by atoms with Gasteiger partial charge in [0.2, 0.25) is 5.76 Å². The summed E-state index contributed by atoms with van der Waals surface area (Å²) >= 11 is 0. The normalized spacial score (nSPS) is 11.8. The van der Waals surface area contributed by atoms with Gasteiger partial charge in [0.15, 0.2) is 11.5 Å². The van der Waals surface area contributed by atoms with Crippen LogP contribution >= 0.6 is 0 Å². The Morgan fingerprint density at radius 2 is 1.86 bits per heavy atom. The van der Waals surface area contributed by atoms with Crippen LogP contribution in [0.2, 0.25) is 0 Å². The molecule has 0 bridgehead atoms. The summed E-state index contributed by atoms with van der Waals surface area (Å²) in [5.41, 5.74) is 1.48. The largest absolute Gasteiger partial charge is 0.449 e. The molecule has 3 rings (SSSR count). The summed E-state index contributed by atoms with van der Waals surface area (Å²) in [4.78, 5) is 36.6. The lowest BCUT2D eigenvalue weighted by molar-refractivity contribution is -0.129. The van der Waals surface area contributed by atoms with E-state index in [2.05, 4.69) is 5.32 Å². The molecule has 2 aromatic carbocycles. The van der Waals surface area contributed by atoms with Gasteiger partial charge in [-0.1, -0.05) is 23.8 Å². The van der Waals surface area contributed by atoms with E-state index in [1.165, 1.54) is 31.2 Å². The highest BCUT2D eigenvalue weighted by atomic mass is 19.1. The third-order valence-corrected chi connectivity index (χ3v) is 4.12. The number of fused-ring (bicyclic) bond motifs is 1. The van der Waals surface area contributed by atoms with Gasteiger partial charge in [-0.15, -0.1) is 0 Å². The standard InChI is InChI=1S/C21H18FNO5/c1-12-3-8-18-16(9-12)17(24)10-19(28-18)21(26)27-13(2)20(25)23-11-14-4-6-15(22)7-5-14/h3-10,13H,11H2,1-2H3,(H,23,25)/t13-/m1/s1. The number of halogens is 1. The number of carbonyl (C=O) groups excluding carboxylic acids is 2. The Hall–Kier alpha value is -3.48. The second kappa shape index (κ2) is 8.04. The van der Waals surface area contributed by atoms with Crippen LogP contribution in [0.4, 0.5) is 4.39 Å². The van der Waals surface area contributed by atoms with Crippen LogP contribution in [0.1, 0.15) is 28.6 Å². The molecule has 0 unspecified atom stereocenters. The number of aryl methyl sites for hydroxylation is 1. The lowest BCUT2D eigenvalue weighted by atomic mass is 10.1. The number of hydrogen-bond donors (Lipinski definition) is 1. The van der Waals surface area contributed by atoms with Crippen LogP contribution in [0, 0.1) is 12.7 Å². The number of rotatable bonds is 5. The monoisotopic (exact) mass is 383 g/mol. The molecule has 144 valence electrons. The van der Waals surface area contributed by atoms with Gasteiger partial charge >= 0.3 is 5.97 Å². The Labute approximate surface area is 159 Å². The van der Waals surface area contributed by atoms with Crippen LogP contribution < -0.4 is 10.7 Å². The third kappa shape index (κ3) is 4.43. The molecule has 0 saturated carbocycles. The molecule has 1 amide bonds. The third-order valence-electron chi connectivity index (χ3n) is 4.12. The first-order valence-corrected chi connectivity index (χ1v) is 8.61. The Kier molecular flexibility index (Phi) is 5.54. The number of benzene rings is 2. The minimum atomic E-state index is -1.10. The van der Waals surface area contributed by atoms with Crippen molar-refractivity contribution in [3.63, 3.8) is 0 Å². The summed E-state index contributed by atoms with van der Waals surface area (Å²) in [6.45, 7) is 3.40. The second-order valence-electron chi connectivity index (χ2n) is 6.37. The average molecular weight is 383 g/mol. The van der Waals surface area contributed by atoms with Gasteiger partial charge in [0.25, 0.3) is 5.91 Å². The number of nitrogens with one attached hydrogen (secondary N) is 1. The summed E-state index contributed by atoms with van der Waals surface area (Å²) in [6.07, 6.45) is -1.10. The van der Waals surface area contributed by atoms with Crippen molar-refractivity contribution >= 4 is 22.8 Å². The van der Waals surface area contributed by atoms with Crippen LogP contribution in [0.3, 0.4) is 0 Å². The highest BCUT2D eigenvalue weighted by molar-refractivity contribution is 5.91. The zero-order valence-electron chi connectivity index (χ0n) is 15.3. The Morgan fingerprint density at radius 3 is 2.57 bits per heavy atom. The summed E-state index contributed by atoms with van der Waals surface area (Å²) in [5, 5.41) is 2.95. The molecule has 0 saturated heterocycles. The van der Waals surface area contributed by atoms with E-state index in [4.69, 9.17) is 9.15 Å². The predicted molar refractivity (Wildman–Crippen MR) is 100 cm³/mol. The van der Waals surface area contributed by atoms with Gasteiger partial charge < -0.3 is 14.5 Å². The van der Waals surface area contributed by atoms with Gasteiger partial charge in [-0.25, -0.2) is 9.18 Å². The van der Waals surface area contributed by atoms with Crippen molar-refractivity contribution in [3.05, 3.63) is 81.5 Å². The molecule has 1 heterocycles. The molecular weight excluding hydrogens is 365 g/mol. The van der Waals surface area contributed by atoms with Crippen molar-refractivity contribution in [1.82, 2.24) is 5.32 Å². The molecule has 1 aromatic heterocycles. The summed E-state index contributed by atoms with van der Waals surface area (Å²) < 4.78 is 23.4. The van der Waals surface area contributed by atoms with Crippen molar-refractivity contribution in [2.45, 2.75) is 26.5 Å². The van der Waals surface area contributed by atoms with Crippen LogP contribution in [0.15, 0.2) is 57.7 Å². The quantitative estimate of drug-likeness (QED) is 0.685. The van der Waals surface area contributed by atoms with E-state index >= 15 is 0 Å². The minimum Gasteiger partial charge on any atom is -0.449 e. The van der Waals surface area contributed by atoms with Crippen molar-refractivity contribution in [3.8, 4) is 0 Å². The van der Waals surface area contributed by atoms with Crippen LogP contribution in [-0.4, -0.2) is 18.0 Å². The molecular formula is C21H18FNO5. The van der Waals surface area contributed by atoms with Gasteiger partial charge in [-0.3, -0.25) is 9.59 Å². The first-order chi connectivity index (χ1) is 13.3. The van der Waals surface area contributed by atoms with E-state index in [0.29, 0.717) is 10.9 Å². The Bertz CT molecular complexity index is 1090. The number of esters is 1. The number of amides is 1. The molecule has 0 aliphatic heterocycles. The van der Waals surface area contributed by atoms with Gasteiger partial charge in [0.1, 0.15) is 11.4 Å². The first kappa shape index (κ1) is 19.3. The van der Waals surface area contributed by atoms with Gasteiger partial charge in [-0.05, 0) is 43.7 Å². The fraction of sp³-hybridized carbons (Fsp3) is 0.190. The van der Waals surface area contributed by atoms with Crippen molar-refractivity contribution < 1.29 is 23.1 Å². The molecule has 7 heteroatoms. The molecule has 0 fully saturated rings. The van der Waals surface area contributed by atoms with Crippen LogP contribution in [0.5, 0.6) is 0 Å². The maximum absolute atomic E-state index is 12.9. The Balaban J connectivity index is 1.65. The summed E-state index contributed by atoms with van der Waals surface area (Å²) in [6, 6.07) is 11.7. The highest BCUT2D eigenvalue weighted by Crippen LogP contribution is 2.15. The molecule has 1 N–H and O–H groups in total. The average Bonchev–Trinajstić information content (AvgIpc) is 2.67. The first-order valence-electron chi connectivity index (χ1n) is 8.61. The lowest BCUT2D eigenvalue weighted by Crippen LogP contribution is -2.35. The van der Waals surface area contributed by atoms with Crippen molar-refractivity contribution in [2.24, 2.45) is 0 Å². The molecule has 1 atom stereocenters. The molecule has 0 spiro atoms. The predicted octanol–water partition coefficient (Wildman–Crippen LogP) is 3.10. The lowest BCUT2D eigenvalue weighted by Gasteiger charge is -2.13. The molecule has 0 aliphatic carbocycles. The van der Waals surface area contributed by atoms with Gasteiger partial charge in [0.05, 0.1) is 5.39 Å². The minimum absolute atomic E-state index is 0.158. The zero-order valence-corrected chi connectivity index (χ0v) is 15.3. The fourth-order valence-electron chi connectivity index (χ4n) is 2.58. The van der Waals surface area contributed by atoms with E-state index in [0.717, 1.165) is 11.6 Å². The summed E-state index contributed by atoms with van der Waals surface area (Å²) in [5.74, 6) is -2.09.